The zero-order valence-corrected chi connectivity index (χ0v) is 16.2. The number of nitrogens with zero attached hydrogens (tertiary/aromatic N) is 2. The van der Waals surface area contributed by atoms with Gasteiger partial charge in [-0.05, 0) is 29.8 Å². The first-order valence-corrected chi connectivity index (χ1v) is 9.96. The molecular formula is C22H25F3N2O2. The lowest BCUT2D eigenvalue weighted by atomic mass is 10.1. The summed E-state index contributed by atoms with van der Waals surface area (Å²) < 4.78 is 50.4. The number of hydrogen-bond acceptors (Lipinski definition) is 4. The maximum atomic E-state index is 12.9. The van der Waals surface area contributed by atoms with Gasteiger partial charge in [-0.15, -0.1) is 0 Å². The first kappa shape index (κ1) is 20.0. The first-order valence-electron chi connectivity index (χ1n) is 9.96. The van der Waals surface area contributed by atoms with Gasteiger partial charge in [0.25, 0.3) is 0 Å². The third kappa shape index (κ3) is 5.03. The van der Waals surface area contributed by atoms with Crippen molar-refractivity contribution in [3.63, 3.8) is 0 Å². The molecule has 0 bridgehead atoms. The van der Waals surface area contributed by atoms with Crippen molar-refractivity contribution in [1.29, 1.82) is 0 Å². The molecule has 0 amide bonds. The molecule has 1 atom stereocenters. The molecule has 0 spiro atoms. The number of rotatable bonds is 6. The maximum Gasteiger partial charge on any atom is 0.416 e. The molecule has 0 saturated carbocycles. The van der Waals surface area contributed by atoms with Crippen molar-refractivity contribution in [3.8, 4) is 5.75 Å². The predicted molar refractivity (Wildman–Crippen MR) is 105 cm³/mol. The van der Waals surface area contributed by atoms with Gasteiger partial charge in [-0.3, -0.25) is 4.90 Å². The van der Waals surface area contributed by atoms with E-state index in [1.54, 1.807) is 6.07 Å². The van der Waals surface area contributed by atoms with Crippen LogP contribution in [0.2, 0.25) is 0 Å². The summed E-state index contributed by atoms with van der Waals surface area (Å²) in [7, 11) is 0. The van der Waals surface area contributed by atoms with E-state index in [0.29, 0.717) is 32.0 Å². The number of halogens is 3. The van der Waals surface area contributed by atoms with Crippen LogP contribution in [0.3, 0.4) is 0 Å². The van der Waals surface area contributed by atoms with Crippen molar-refractivity contribution < 1.29 is 22.6 Å². The molecule has 2 aromatic rings. The molecule has 1 saturated heterocycles. The average Bonchev–Trinajstić information content (AvgIpc) is 3.14. The van der Waals surface area contributed by atoms with E-state index in [0.717, 1.165) is 37.9 Å². The monoisotopic (exact) mass is 406 g/mol. The largest absolute Gasteiger partial charge is 0.487 e. The van der Waals surface area contributed by atoms with Crippen molar-refractivity contribution in [3.05, 3.63) is 59.7 Å². The van der Waals surface area contributed by atoms with Gasteiger partial charge >= 0.3 is 6.18 Å². The smallest absolute Gasteiger partial charge is 0.416 e. The molecule has 2 aliphatic rings. The minimum atomic E-state index is -4.31. The summed E-state index contributed by atoms with van der Waals surface area (Å²) in [6.45, 7) is 5.05. The van der Waals surface area contributed by atoms with Gasteiger partial charge < -0.3 is 14.4 Å². The number of anilines is 1. The SMILES string of the molecule is FC(F)(F)c1cccc(N2CCN(CCOCC3Cc4ccccc4O3)CC2)c1. The van der Waals surface area contributed by atoms with Crippen molar-refractivity contribution in [2.75, 3.05) is 50.8 Å². The summed E-state index contributed by atoms with van der Waals surface area (Å²) in [5.41, 5.74) is 1.27. The van der Waals surface area contributed by atoms with Crippen LogP contribution in [0.1, 0.15) is 11.1 Å². The van der Waals surface area contributed by atoms with Gasteiger partial charge in [-0.25, -0.2) is 0 Å². The number of hydrogen-bond donors (Lipinski definition) is 0. The third-order valence-electron chi connectivity index (χ3n) is 5.48. The van der Waals surface area contributed by atoms with Crippen LogP contribution in [0.4, 0.5) is 18.9 Å². The Bertz CT molecular complexity index is 795. The number of para-hydroxylation sites is 1. The Balaban J connectivity index is 1.17. The maximum absolute atomic E-state index is 12.9. The van der Waals surface area contributed by atoms with E-state index in [1.165, 1.54) is 17.7 Å². The van der Waals surface area contributed by atoms with E-state index in [4.69, 9.17) is 9.47 Å². The highest BCUT2D eigenvalue weighted by Crippen LogP contribution is 2.32. The van der Waals surface area contributed by atoms with Crippen LogP contribution in [-0.4, -0.2) is 56.9 Å². The zero-order valence-electron chi connectivity index (χ0n) is 16.2. The Morgan fingerprint density at radius 2 is 1.79 bits per heavy atom. The van der Waals surface area contributed by atoms with E-state index in [-0.39, 0.29) is 6.10 Å². The first-order chi connectivity index (χ1) is 14.0. The highest BCUT2D eigenvalue weighted by Gasteiger charge is 2.31. The average molecular weight is 406 g/mol. The molecule has 1 unspecified atom stereocenters. The lowest BCUT2D eigenvalue weighted by Crippen LogP contribution is -2.47. The number of piperazine rings is 1. The molecule has 2 aliphatic heterocycles. The molecule has 156 valence electrons. The highest BCUT2D eigenvalue weighted by molar-refractivity contribution is 5.49. The summed E-state index contributed by atoms with van der Waals surface area (Å²) >= 11 is 0. The molecule has 29 heavy (non-hydrogen) atoms. The van der Waals surface area contributed by atoms with Crippen LogP contribution in [0.15, 0.2) is 48.5 Å². The van der Waals surface area contributed by atoms with Crippen LogP contribution in [-0.2, 0) is 17.3 Å². The predicted octanol–water partition coefficient (Wildman–Crippen LogP) is 3.85. The van der Waals surface area contributed by atoms with E-state index in [9.17, 15) is 13.2 Å². The Morgan fingerprint density at radius 3 is 2.55 bits per heavy atom. The van der Waals surface area contributed by atoms with E-state index < -0.39 is 11.7 Å². The Kier molecular flexibility index (Phi) is 5.96. The van der Waals surface area contributed by atoms with Crippen molar-refractivity contribution in [1.82, 2.24) is 4.90 Å². The summed E-state index contributed by atoms with van der Waals surface area (Å²) in [5.74, 6) is 0.951. The summed E-state index contributed by atoms with van der Waals surface area (Å²) in [4.78, 5) is 4.30. The van der Waals surface area contributed by atoms with Gasteiger partial charge in [0.05, 0.1) is 18.8 Å². The fourth-order valence-corrected chi connectivity index (χ4v) is 3.86. The van der Waals surface area contributed by atoms with Crippen LogP contribution in [0, 0.1) is 0 Å². The van der Waals surface area contributed by atoms with Crippen LogP contribution < -0.4 is 9.64 Å². The molecule has 0 aromatic heterocycles. The summed E-state index contributed by atoms with van der Waals surface area (Å²) in [6, 6.07) is 13.6. The van der Waals surface area contributed by atoms with E-state index in [1.807, 2.05) is 23.1 Å². The number of fused-ring (bicyclic) bond motifs is 1. The fourth-order valence-electron chi connectivity index (χ4n) is 3.86. The Morgan fingerprint density at radius 1 is 1.00 bits per heavy atom. The summed E-state index contributed by atoms with van der Waals surface area (Å²) in [5, 5.41) is 0. The van der Waals surface area contributed by atoms with Crippen LogP contribution >= 0.6 is 0 Å². The Hall–Kier alpha value is -2.25. The topological polar surface area (TPSA) is 24.9 Å². The van der Waals surface area contributed by atoms with Crippen molar-refractivity contribution >= 4 is 5.69 Å². The van der Waals surface area contributed by atoms with Gasteiger partial charge in [0.15, 0.2) is 0 Å². The second-order valence-electron chi connectivity index (χ2n) is 7.50. The molecule has 4 rings (SSSR count). The second kappa shape index (κ2) is 8.63. The molecule has 7 heteroatoms. The fraction of sp³-hybridized carbons (Fsp3) is 0.455. The molecule has 0 N–H and O–H groups in total. The standard InChI is InChI=1S/C22H25F3N2O2/c23-22(24,25)18-5-3-6-19(15-18)27-10-8-26(9-11-27)12-13-28-16-20-14-17-4-1-2-7-21(17)29-20/h1-7,15,20H,8-14,16H2. The van der Waals surface area contributed by atoms with Crippen molar-refractivity contribution in [2.24, 2.45) is 0 Å². The molecule has 1 fully saturated rings. The van der Waals surface area contributed by atoms with Gasteiger partial charge in [0.1, 0.15) is 11.9 Å². The zero-order chi connectivity index (χ0) is 20.3. The number of alkyl halides is 3. The van der Waals surface area contributed by atoms with Crippen molar-refractivity contribution in [2.45, 2.75) is 18.7 Å². The van der Waals surface area contributed by atoms with Gasteiger partial charge in [0, 0.05) is 44.8 Å². The third-order valence-corrected chi connectivity index (χ3v) is 5.48. The van der Waals surface area contributed by atoms with Gasteiger partial charge in [-0.2, -0.15) is 13.2 Å². The van der Waals surface area contributed by atoms with Gasteiger partial charge in [-0.1, -0.05) is 24.3 Å². The van der Waals surface area contributed by atoms with Crippen LogP contribution in [0.25, 0.3) is 0 Å². The summed E-state index contributed by atoms with van der Waals surface area (Å²) in [6.07, 6.45) is -3.35. The highest BCUT2D eigenvalue weighted by atomic mass is 19.4. The quantitative estimate of drug-likeness (QED) is 0.681. The molecule has 2 heterocycles. The minimum Gasteiger partial charge on any atom is -0.487 e. The number of benzene rings is 2. The normalized spacial score (nSPS) is 19.8. The second-order valence-corrected chi connectivity index (χ2v) is 7.50. The van der Waals surface area contributed by atoms with E-state index in [2.05, 4.69) is 11.0 Å². The lowest BCUT2D eigenvalue weighted by molar-refractivity contribution is -0.137. The lowest BCUT2D eigenvalue weighted by Gasteiger charge is -2.36. The van der Waals surface area contributed by atoms with Gasteiger partial charge in [0.2, 0.25) is 0 Å². The van der Waals surface area contributed by atoms with E-state index >= 15 is 0 Å². The minimum absolute atomic E-state index is 0.0742. The molecule has 0 radical (unpaired) electrons. The molecular weight excluding hydrogens is 381 g/mol. The Labute approximate surface area is 168 Å². The molecule has 2 aromatic carbocycles. The molecule has 0 aliphatic carbocycles. The number of ether oxygens (including phenoxy) is 2. The van der Waals surface area contributed by atoms with Crippen LogP contribution in [0.5, 0.6) is 5.75 Å². The molecule has 4 nitrogen and oxygen atoms in total.